The molecule has 0 saturated carbocycles. The van der Waals surface area contributed by atoms with Crippen molar-refractivity contribution in [3.05, 3.63) is 47.5 Å². The number of aromatic nitrogens is 4. The van der Waals surface area contributed by atoms with Gasteiger partial charge in [0.25, 0.3) is 11.8 Å². The Balaban J connectivity index is 1.60. The number of benzene rings is 1. The number of nitrogens with zero attached hydrogens (tertiary/aromatic N) is 4. The predicted molar refractivity (Wildman–Crippen MR) is 111 cm³/mol. The lowest BCUT2D eigenvalue weighted by molar-refractivity contribution is 0.0857. The van der Waals surface area contributed by atoms with Crippen molar-refractivity contribution in [2.24, 2.45) is 5.92 Å². The van der Waals surface area contributed by atoms with Crippen LogP contribution in [-0.4, -0.2) is 45.1 Å². The van der Waals surface area contributed by atoms with E-state index >= 15 is 0 Å². The van der Waals surface area contributed by atoms with Crippen molar-refractivity contribution in [3.63, 3.8) is 0 Å². The van der Waals surface area contributed by atoms with Gasteiger partial charge in [-0.2, -0.15) is 5.10 Å². The van der Waals surface area contributed by atoms with Gasteiger partial charge < -0.3 is 14.5 Å². The molecule has 0 unspecified atom stereocenters. The van der Waals surface area contributed by atoms with Gasteiger partial charge in [-0.1, -0.05) is 19.9 Å². The summed E-state index contributed by atoms with van der Waals surface area (Å²) in [5, 5.41) is 15.6. The lowest BCUT2D eigenvalue weighted by atomic mass is 10.1. The van der Waals surface area contributed by atoms with Crippen molar-refractivity contribution in [3.8, 4) is 17.3 Å². The Morgan fingerprint density at radius 3 is 2.87 bits per heavy atom. The van der Waals surface area contributed by atoms with Crippen LogP contribution in [0.3, 0.4) is 0 Å². The second kappa shape index (κ2) is 8.79. The number of hydrogen-bond donors (Lipinski definition) is 1. The first-order chi connectivity index (χ1) is 14.5. The van der Waals surface area contributed by atoms with E-state index in [9.17, 15) is 4.79 Å². The number of carbonyl (C=O) groups excluding carboxylic acids is 1. The van der Waals surface area contributed by atoms with Crippen molar-refractivity contribution in [2.75, 3.05) is 13.2 Å². The smallest absolute Gasteiger partial charge is 0.268 e. The standard InChI is InChI=1S/C22H27N5O3/c1-14(2)10-18-12-20(22-25-24-15(3)30-22)26-27(18)17-7-4-6-16(11-17)21(28)23-13-19-8-5-9-29-19/h4,6-7,11-12,14,19H,5,8-10,13H2,1-3H3,(H,23,28)/t19-/m1/s1. The maximum absolute atomic E-state index is 12.6. The molecule has 1 aromatic carbocycles. The summed E-state index contributed by atoms with van der Waals surface area (Å²) in [6, 6.07) is 9.44. The molecule has 1 amide bonds. The zero-order valence-corrected chi connectivity index (χ0v) is 17.6. The minimum atomic E-state index is -0.113. The number of nitrogens with one attached hydrogen (secondary N) is 1. The maximum Gasteiger partial charge on any atom is 0.268 e. The normalized spacial score (nSPS) is 16.3. The molecule has 1 saturated heterocycles. The molecule has 8 nitrogen and oxygen atoms in total. The van der Waals surface area contributed by atoms with Gasteiger partial charge in [-0.25, -0.2) is 4.68 Å². The van der Waals surface area contributed by atoms with E-state index in [1.54, 1.807) is 6.92 Å². The number of ether oxygens (including phenoxy) is 1. The van der Waals surface area contributed by atoms with E-state index in [0.717, 1.165) is 37.3 Å². The highest BCUT2D eigenvalue weighted by Crippen LogP contribution is 2.23. The van der Waals surface area contributed by atoms with E-state index in [1.807, 2.05) is 35.0 Å². The molecule has 0 spiro atoms. The van der Waals surface area contributed by atoms with Crippen molar-refractivity contribution in [1.82, 2.24) is 25.3 Å². The van der Waals surface area contributed by atoms with Crippen molar-refractivity contribution < 1.29 is 13.9 Å². The summed E-state index contributed by atoms with van der Waals surface area (Å²) >= 11 is 0. The molecule has 2 aromatic heterocycles. The number of hydrogen-bond acceptors (Lipinski definition) is 6. The highest BCUT2D eigenvalue weighted by atomic mass is 16.5. The van der Waals surface area contributed by atoms with E-state index in [1.165, 1.54) is 0 Å². The van der Waals surface area contributed by atoms with Crippen LogP contribution in [0.4, 0.5) is 0 Å². The van der Waals surface area contributed by atoms with Crippen molar-refractivity contribution >= 4 is 5.91 Å². The monoisotopic (exact) mass is 409 g/mol. The van der Waals surface area contributed by atoms with Gasteiger partial charge in [-0.05, 0) is 49.4 Å². The summed E-state index contributed by atoms with van der Waals surface area (Å²) in [4.78, 5) is 12.6. The summed E-state index contributed by atoms with van der Waals surface area (Å²) in [7, 11) is 0. The molecule has 158 valence electrons. The predicted octanol–water partition coefficient (Wildman–Crippen LogP) is 3.34. The number of rotatable bonds is 7. The molecule has 1 atom stereocenters. The minimum Gasteiger partial charge on any atom is -0.420 e. The van der Waals surface area contributed by atoms with Gasteiger partial charge in [-0.15, -0.1) is 10.2 Å². The van der Waals surface area contributed by atoms with E-state index in [4.69, 9.17) is 14.3 Å². The topological polar surface area (TPSA) is 95.1 Å². The molecule has 1 aliphatic heterocycles. The van der Waals surface area contributed by atoms with Crippen molar-refractivity contribution in [2.45, 2.75) is 46.1 Å². The minimum absolute atomic E-state index is 0.112. The molecule has 1 N–H and O–H groups in total. The molecule has 0 bridgehead atoms. The quantitative estimate of drug-likeness (QED) is 0.643. The Morgan fingerprint density at radius 1 is 1.30 bits per heavy atom. The van der Waals surface area contributed by atoms with Crippen LogP contribution in [0.1, 0.15) is 48.6 Å². The molecule has 30 heavy (non-hydrogen) atoms. The molecule has 1 fully saturated rings. The van der Waals surface area contributed by atoms with Crippen LogP contribution in [0.25, 0.3) is 17.3 Å². The van der Waals surface area contributed by atoms with Gasteiger partial charge in [0.15, 0.2) is 0 Å². The highest BCUT2D eigenvalue weighted by Gasteiger charge is 2.19. The Bertz CT molecular complexity index is 1020. The third kappa shape index (κ3) is 4.59. The lowest BCUT2D eigenvalue weighted by Gasteiger charge is -2.12. The molecule has 3 aromatic rings. The van der Waals surface area contributed by atoms with E-state index in [-0.39, 0.29) is 12.0 Å². The fourth-order valence-electron chi connectivity index (χ4n) is 3.60. The fraction of sp³-hybridized carbons (Fsp3) is 0.455. The van der Waals surface area contributed by atoms with Gasteiger partial charge >= 0.3 is 0 Å². The maximum atomic E-state index is 12.6. The average Bonchev–Trinajstić information content (AvgIpc) is 3.47. The first-order valence-corrected chi connectivity index (χ1v) is 10.4. The van der Waals surface area contributed by atoms with Gasteiger partial charge in [-0.3, -0.25) is 4.79 Å². The largest absolute Gasteiger partial charge is 0.420 e. The molecular formula is C22H27N5O3. The highest BCUT2D eigenvalue weighted by molar-refractivity contribution is 5.94. The zero-order valence-electron chi connectivity index (χ0n) is 17.6. The Kier molecular flexibility index (Phi) is 5.94. The third-order valence-electron chi connectivity index (χ3n) is 5.01. The zero-order chi connectivity index (χ0) is 21.1. The van der Waals surface area contributed by atoms with Crippen LogP contribution in [0.2, 0.25) is 0 Å². The fourth-order valence-corrected chi connectivity index (χ4v) is 3.60. The van der Waals surface area contributed by atoms with Gasteiger partial charge in [0.1, 0.15) is 5.69 Å². The average molecular weight is 409 g/mol. The van der Waals surface area contributed by atoms with Gasteiger partial charge in [0.05, 0.1) is 11.8 Å². The second-order valence-electron chi connectivity index (χ2n) is 8.05. The van der Waals surface area contributed by atoms with Crippen molar-refractivity contribution in [1.29, 1.82) is 0 Å². The molecule has 3 heterocycles. The van der Waals surface area contributed by atoms with Crippen LogP contribution in [0.15, 0.2) is 34.7 Å². The lowest BCUT2D eigenvalue weighted by Crippen LogP contribution is -2.31. The number of aryl methyl sites for hydroxylation is 1. The second-order valence-corrected chi connectivity index (χ2v) is 8.05. The number of carbonyl (C=O) groups is 1. The molecule has 0 aliphatic carbocycles. The summed E-state index contributed by atoms with van der Waals surface area (Å²) in [5.41, 5.74) is 3.05. The first-order valence-electron chi connectivity index (χ1n) is 10.4. The van der Waals surface area contributed by atoms with Crippen LogP contribution in [-0.2, 0) is 11.2 Å². The van der Waals surface area contributed by atoms with E-state index < -0.39 is 0 Å². The molecule has 0 radical (unpaired) electrons. The van der Waals surface area contributed by atoms with Gasteiger partial charge in [0.2, 0.25) is 5.89 Å². The number of amides is 1. The van der Waals surface area contributed by atoms with Gasteiger partial charge in [0, 0.05) is 31.3 Å². The summed E-state index contributed by atoms with van der Waals surface area (Å²) in [6.07, 6.45) is 2.98. The Morgan fingerprint density at radius 2 is 2.17 bits per heavy atom. The summed E-state index contributed by atoms with van der Waals surface area (Å²) < 4.78 is 13.0. The summed E-state index contributed by atoms with van der Waals surface area (Å²) in [5.74, 6) is 1.21. The van der Waals surface area contributed by atoms with E-state index in [0.29, 0.717) is 35.5 Å². The molecular weight excluding hydrogens is 382 g/mol. The Hall–Kier alpha value is -3.00. The first kappa shape index (κ1) is 20.3. The van der Waals surface area contributed by atoms with Crippen LogP contribution >= 0.6 is 0 Å². The molecule has 4 rings (SSSR count). The molecule has 1 aliphatic rings. The third-order valence-corrected chi connectivity index (χ3v) is 5.01. The Labute approximate surface area is 175 Å². The summed E-state index contributed by atoms with van der Waals surface area (Å²) in [6.45, 7) is 7.37. The SMILES string of the molecule is Cc1nnc(-c2cc(CC(C)C)n(-c3cccc(C(=O)NC[C@H]4CCCO4)c3)n2)o1. The van der Waals surface area contributed by atoms with Crippen LogP contribution < -0.4 is 5.32 Å². The van der Waals surface area contributed by atoms with Crippen LogP contribution in [0.5, 0.6) is 0 Å². The molecule has 8 heteroatoms. The van der Waals surface area contributed by atoms with E-state index in [2.05, 4.69) is 29.4 Å². The van der Waals surface area contributed by atoms with Crippen LogP contribution in [0, 0.1) is 12.8 Å².